The molecule has 0 amide bonds. The summed E-state index contributed by atoms with van der Waals surface area (Å²) in [6.07, 6.45) is 2.87. The van der Waals surface area contributed by atoms with Crippen molar-refractivity contribution in [3.8, 4) is 0 Å². The van der Waals surface area contributed by atoms with E-state index >= 15 is 0 Å². The average molecular weight is 234 g/mol. The lowest BCUT2D eigenvalue weighted by molar-refractivity contribution is 0.274. The molecule has 2 aromatic rings. The Bertz CT molecular complexity index is 540. The molecule has 1 fully saturated rings. The summed E-state index contributed by atoms with van der Waals surface area (Å²) in [4.78, 5) is 4.44. The van der Waals surface area contributed by atoms with Crippen molar-refractivity contribution in [2.75, 3.05) is 6.61 Å². The Morgan fingerprint density at radius 1 is 1.38 bits per heavy atom. The van der Waals surface area contributed by atoms with Gasteiger partial charge in [-0.1, -0.05) is 17.7 Å². The van der Waals surface area contributed by atoms with E-state index in [1.54, 1.807) is 0 Å². The molecule has 1 aromatic carbocycles. The van der Waals surface area contributed by atoms with Gasteiger partial charge in [-0.25, -0.2) is 0 Å². The summed E-state index contributed by atoms with van der Waals surface area (Å²) in [5.74, 6) is 0.823. The number of aliphatic hydroxyl groups excluding tert-OH is 1. The highest BCUT2D eigenvalue weighted by Crippen LogP contribution is 2.48. The Morgan fingerprint density at radius 3 is 3.00 bits per heavy atom. The van der Waals surface area contributed by atoms with Crippen LogP contribution < -0.4 is 0 Å². The first kappa shape index (κ1) is 10.1. The lowest BCUT2D eigenvalue weighted by Crippen LogP contribution is -1.93. The molecule has 1 aromatic heterocycles. The van der Waals surface area contributed by atoms with E-state index in [0.717, 1.165) is 27.9 Å². The Hall–Kier alpha value is -1.12. The number of aromatic nitrogens is 1. The van der Waals surface area contributed by atoms with Crippen LogP contribution in [0.4, 0.5) is 0 Å². The minimum Gasteiger partial charge on any atom is -0.396 e. The zero-order valence-electron chi connectivity index (χ0n) is 8.73. The summed E-state index contributed by atoms with van der Waals surface area (Å²) in [6.45, 7) is 0.260. The first-order valence-electron chi connectivity index (χ1n) is 5.44. The Morgan fingerprint density at radius 2 is 2.25 bits per heavy atom. The summed E-state index contributed by atoms with van der Waals surface area (Å²) in [5, 5.41) is 12.1. The predicted octanol–water partition coefficient (Wildman–Crippen LogP) is 2.98. The molecule has 0 aliphatic heterocycles. The first-order chi connectivity index (χ1) is 7.79. The molecule has 3 rings (SSSR count). The van der Waals surface area contributed by atoms with Crippen LogP contribution in [0, 0.1) is 5.92 Å². The molecule has 16 heavy (non-hydrogen) atoms. The molecule has 0 bridgehead atoms. The molecule has 2 nitrogen and oxygen atoms in total. The van der Waals surface area contributed by atoms with Gasteiger partial charge >= 0.3 is 0 Å². The highest BCUT2D eigenvalue weighted by atomic mass is 35.5. The standard InChI is InChI=1S/C13H12ClNO/c14-10-1-2-11-8(5-10)3-4-15-13(11)12-6-9(12)7-16/h1-5,9,12,16H,6-7H2/t9-,12-/m0/s1. The molecule has 1 N–H and O–H groups in total. The number of aliphatic hydroxyl groups is 1. The van der Waals surface area contributed by atoms with Gasteiger partial charge in [-0.15, -0.1) is 0 Å². The molecule has 1 heterocycles. The van der Waals surface area contributed by atoms with Gasteiger partial charge in [-0.2, -0.15) is 0 Å². The first-order valence-corrected chi connectivity index (χ1v) is 5.82. The predicted molar refractivity (Wildman–Crippen MR) is 64.7 cm³/mol. The average Bonchev–Trinajstić information content (AvgIpc) is 3.07. The third kappa shape index (κ3) is 1.58. The fourth-order valence-electron chi connectivity index (χ4n) is 2.25. The molecule has 82 valence electrons. The van der Waals surface area contributed by atoms with E-state index in [1.165, 1.54) is 0 Å². The summed E-state index contributed by atoms with van der Waals surface area (Å²) >= 11 is 5.96. The lowest BCUT2D eigenvalue weighted by atomic mass is 10.1. The zero-order valence-corrected chi connectivity index (χ0v) is 9.48. The molecular weight excluding hydrogens is 222 g/mol. The SMILES string of the molecule is OC[C@@H]1C[C@@H]1c1nccc2cc(Cl)ccc12. The molecule has 1 saturated carbocycles. The van der Waals surface area contributed by atoms with Gasteiger partial charge in [-0.05, 0) is 35.9 Å². The van der Waals surface area contributed by atoms with E-state index in [0.29, 0.717) is 11.8 Å². The van der Waals surface area contributed by atoms with Crippen molar-refractivity contribution in [2.24, 2.45) is 5.92 Å². The summed E-state index contributed by atoms with van der Waals surface area (Å²) in [5.41, 5.74) is 1.10. The second-order valence-electron chi connectivity index (χ2n) is 4.35. The zero-order chi connectivity index (χ0) is 11.1. The minimum atomic E-state index is 0.260. The highest BCUT2D eigenvalue weighted by molar-refractivity contribution is 6.31. The van der Waals surface area contributed by atoms with Gasteiger partial charge in [0.25, 0.3) is 0 Å². The Labute approximate surface area is 98.9 Å². The molecule has 0 saturated heterocycles. The van der Waals surface area contributed by atoms with Crippen molar-refractivity contribution in [2.45, 2.75) is 12.3 Å². The number of hydrogen-bond acceptors (Lipinski definition) is 2. The van der Waals surface area contributed by atoms with E-state index < -0.39 is 0 Å². The van der Waals surface area contributed by atoms with Crippen LogP contribution in [0.3, 0.4) is 0 Å². The number of benzene rings is 1. The number of halogens is 1. The van der Waals surface area contributed by atoms with Gasteiger partial charge in [0, 0.05) is 29.1 Å². The van der Waals surface area contributed by atoms with Gasteiger partial charge in [-0.3, -0.25) is 4.98 Å². The molecule has 1 aliphatic rings. The second-order valence-corrected chi connectivity index (χ2v) is 4.78. The van der Waals surface area contributed by atoms with Gasteiger partial charge in [0.2, 0.25) is 0 Å². The third-order valence-corrected chi connectivity index (χ3v) is 3.50. The topological polar surface area (TPSA) is 33.1 Å². The minimum absolute atomic E-state index is 0.260. The highest BCUT2D eigenvalue weighted by Gasteiger charge is 2.39. The molecule has 0 radical (unpaired) electrons. The lowest BCUT2D eigenvalue weighted by Gasteiger charge is -2.05. The van der Waals surface area contributed by atoms with Crippen LogP contribution in [0.2, 0.25) is 5.02 Å². The molecule has 2 atom stereocenters. The van der Waals surface area contributed by atoms with E-state index in [9.17, 15) is 0 Å². The molecular formula is C13H12ClNO. The maximum atomic E-state index is 9.11. The van der Waals surface area contributed by atoms with E-state index in [-0.39, 0.29) is 6.61 Å². The van der Waals surface area contributed by atoms with Crippen LogP contribution in [-0.2, 0) is 0 Å². The van der Waals surface area contributed by atoms with E-state index in [4.69, 9.17) is 16.7 Å². The van der Waals surface area contributed by atoms with Gasteiger partial charge in [0.15, 0.2) is 0 Å². The molecule has 3 heteroatoms. The summed E-state index contributed by atoms with van der Waals surface area (Å²) in [7, 11) is 0. The number of hydrogen-bond donors (Lipinski definition) is 1. The van der Waals surface area contributed by atoms with Gasteiger partial charge < -0.3 is 5.11 Å². The molecule has 0 unspecified atom stereocenters. The number of rotatable bonds is 2. The summed E-state index contributed by atoms with van der Waals surface area (Å²) in [6, 6.07) is 7.84. The van der Waals surface area contributed by atoms with Crippen molar-refractivity contribution in [3.63, 3.8) is 0 Å². The van der Waals surface area contributed by atoms with Crippen molar-refractivity contribution in [3.05, 3.63) is 41.2 Å². The molecule has 0 spiro atoms. The van der Waals surface area contributed by atoms with E-state index in [1.807, 2.05) is 30.5 Å². The normalized spacial score (nSPS) is 23.6. The van der Waals surface area contributed by atoms with Crippen LogP contribution in [0.25, 0.3) is 10.8 Å². The van der Waals surface area contributed by atoms with Crippen LogP contribution in [0.15, 0.2) is 30.5 Å². The fourth-order valence-corrected chi connectivity index (χ4v) is 2.43. The maximum Gasteiger partial charge on any atom is 0.0516 e. The quantitative estimate of drug-likeness (QED) is 0.865. The van der Waals surface area contributed by atoms with Crippen LogP contribution in [-0.4, -0.2) is 16.7 Å². The summed E-state index contributed by atoms with van der Waals surface area (Å²) < 4.78 is 0. The largest absolute Gasteiger partial charge is 0.396 e. The van der Waals surface area contributed by atoms with Crippen molar-refractivity contribution < 1.29 is 5.11 Å². The second kappa shape index (κ2) is 3.72. The van der Waals surface area contributed by atoms with Crippen LogP contribution >= 0.6 is 11.6 Å². The van der Waals surface area contributed by atoms with E-state index in [2.05, 4.69) is 4.98 Å². The third-order valence-electron chi connectivity index (χ3n) is 3.27. The van der Waals surface area contributed by atoms with Crippen molar-refractivity contribution in [1.29, 1.82) is 0 Å². The van der Waals surface area contributed by atoms with Gasteiger partial charge in [0.1, 0.15) is 0 Å². The fraction of sp³-hybridized carbons (Fsp3) is 0.308. The number of pyridine rings is 1. The van der Waals surface area contributed by atoms with Gasteiger partial charge in [0.05, 0.1) is 5.69 Å². The number of fused-ring (bicyclic) bond motifs is 1. The van der Waals surface area contributed by atoms with Crippen molar-refractivity contribution >= 4 is 22.4 Å². The van der Waals surface area contributed by atoms with Crippen LogP contribution in [0.5, 0.6) is 0 Å². The Kier molecular flexibility index (Phi) is 2.34. The van der Waals surface area contributed by atoms with Crippen molar-refractivity contribution in [1.82, 2.24) is 4.98 Å². The monoisotopic (exact) mass is 233 g/mol. The maximum absolute atomic E-state index is 9.11. The smallest absolute Gasteiger partial charge is 0.0516 e. The Balaban J connectivity index is 2.12. The van der Waals surface area contributed by atoms with Crippen LogP contribution in [0.1, 0.15) is 18.0 Å². The molecule has 1 aliphatic carbocycles. The number of nitrogens with zero attached hydrogens (tertiary/aromatic N) is 1.